The Balaban J connectivity index is 2.31. The van der Waals surface area contributed by atoms with Crippen LogP contribution in [0.15, 0.2) is 0 Å². The van der Waals surface area contributed by atoms with Crippen LogP contribution in [-0.4, -0.2) is 24.4 Å². The molecule has 100 valence electrons. The molecule has 1 unspecified atom stereocenters. The molecule has 2 aliphatic rings. The standard InChI is InChI=1S/C15H28O2/c1-10-11-12(14(5,6)7)15(17-10,9-16-11)8-13(2,3)4/h10-12H,8-9H2,1-7H3/t10-,11?,12-,15-/m0/s1. The highest BCUT2D eigenvalue weighted by Gasteiger charge is 2.63. The minimum absolute atomic E-state index is 0.0550. The van der Waals surface area contributed by atoms with Gasteiger partial charge in [-0.25, -0.2) is 0 Å². The van der Waals surface area contributed by atoms with Gasteiger partial charge in [-0.15, -0.1) is 0 Å². The molecule has 2 fully saturated rings. The van der Waals surface area contributed by atoms with Gasteiger partial charge in [-0.1, -0.05) is 41.5 Å². The molecule has 0 aliphatic carbocycles. The lowest BCUT2D eigenvalue weighted by Crippen LogP contribution is -2.45. The predicted molar refractivity (Wildman–Crippen MR) is 70.0 cm³/mol. The summed E-state index contributed by atoms with van der Waals surface area (Å²) in [5.74, 6) is 0.518. The van der Waals surface area contributed by atoms with Crippen molar-refractivity contribution < 1.29 is 9.47 Å². The molecule has 0 saturated carbocycles. The zero-order valence-corrected chi connectivity index (χ0v) is 12.5. The lowest BCUT2D eigenvalue weighted by Gasteiger charge is -2.40. The molecule has 0 aromatic heterocycles. The van der Waals surface area contributed by atoms with Crippen LogP contribution in [0, 0.1) is 16.7 Å². The maximum Gasteiger partial charge on any atom is 0.0983 e. The van der Waals surface area contributed by atoms with Gasteiger partial charge in [0.05, 0.1) is 24.4 Å². The molecular formula is C15H28O2. The van der Waals surface area contributed by atoms with Crippen LogP contribution in [-0.2, 0) is 9.47 Å². The molecule has 2 saturated heterocycles. The Labute approximate surface area is 106 Å². The van der Waals surface area contributed by atoms with Crippen LogP contribution in [0.2, 0.25) is 0 Å². The quantitative estimate of drug-likeness (QED) is 0.696. The van der Waals surface area contributed by atoms with Gasteiger partial charge in [-0.05, 0) is 24.2 Å². The zero-order chi connectivity index (χ0) is 13.1. The zero-order valence-electron chi connectivity index (χ0n) is 12.5. The van der Waals surface area contributed by atoms with Crippen LogP contribution < -0.4 is 0 Å². The summed E-state index contributed by atoms with van der Waals surface area (Å²) in [6, 6.07) is 0. The molecule has 2 bridgehead atoms. The van der Waals surface area contributed by atoms with E-state index in [4.69, 9.17) is 9.47 Å². The Morgan fingerprint density at radius 3 is 2.12 bits per heavy atom. The van der Waals surface area contributed by atoms with Crippen LogP contribution in [0.4, 0.5) is 0 Å². The van der Waals surface area contributed by atoms with Crippen LogP contribution in [0.5, 0.6) is 0 Å². The first-order valence-corrected chi connectivity index (χ1v) is 6.85. The predicted octanol–water partition coefficient (Wildman–Crippen LogP) is 3.64. The third-order valence-corrected chi connectivity index (χ3v) is 4.06. The second-order valence-electron chi connectivity index (χ2n) is 8.24. The summed E-state index contributed by atoms with van der Waals surface area (Å²) in [7, 11) is 0. The van der Waals surface area contributed by atoms with Crippen molar-refractivity contribution in [2.45, 2.75) is 72.7 Å². The molecule has 0 spiro atoms. The highest BCUT2D eigenvalue weighted by atomic mass is 16.6. The summed E-state index contributed by atoms with van der Waals surface area (Å²) >= 11 is 0. The van der Waals surface area contributed by atoms with Crippen molar-refractivity contribution in [2.75, 3.05) is 6.61 Å². The van der Waals surface area contributed by atoms with Gasteiger partial charge in [0, 0.05) is 5.92 Å². The summed E-state index contributed by atoms with van der Waals surface area (Å²) in [5, 5.41) is 0. The summed E-state index contributed by atoms with van der Waals surface area (Å²) in [5.41, 5.74) is 0.476. The highest BCUT2D eigenvalue weighted by Crippen LogP contribution is 2.55. The van der Waals surface area contributed by atoms with Gasteiger partial charge >= 0.3 is 0 Å². The Morgan fingerprint density at radius 2 is 1.71 bits per heavy atom. The minimum Gasteiger partial charge on any atom is -0.372 e. The van der Waals surface area contributed by atoms with Gasteiger partial charge in [0.15, 0.2) is 0 Å². The maximum absolute atomic E-state index is 6.34. The molecule has 17 heavy (non-hydrogen) atoms. The van der Waals surface area contributed by atoms with Crippen molar-refractivity contribution in [3.63, 3.8) is 0 Å². The number of ether oxygens (including phenoxy) is 2. The monoisotopic (exact) mass is 240 g/mol. The van der Waals surface area contributed by atoms with E-state index in [-0.39, 0.29) is 28.6 Å². The smallest absolute Gasteiger partial charge is 0.0983 e. The van der Waals surface area contributed by atoms with E-state index >= 15 is 0 Å². The van der Waals surface area contributed by atoms with Crippen molar-refractivity contribution in [3.8, 4) is 0 Å². The lowest BCUT2D eigenvalue weighted by molar-refractivity contribution is -0.150. The molecule has 2 rings (SSSR count). The van der Waals surface area contributed by atoms with E-state index in [2.05, 4.69) is 48.5 Å². The molecule has 2 nitrogen and oxygen atoms in total. The van der Waals surface area contributed by atoms with E-state index in [1.165, 1.54) is 0 Å². The first-order valence-electron chi connectivity index (χ1n) is 6.85. The SMILES string of the molecule is C[C@@H]1O[C@@]2(CC(C)(C)C)COC1[C@H]2C(C)(C)C. The van der Waals surface area contributed by atoms with Gasteiger partial charge in [-0.2, -0.15) is 0 Å². The molecule has 2 heterocycles. The lowest BCUT2D eigenvalue weighted by atomic mass is 9.66. The average molecular weight is 240 g/mol. The van der Waals surface area contributed by atoms with E-state index in [1.54, 1.807) is 0 Å². The number of hydrogen-bond donors (Lipinski definition) is 0. The van der Waals surface area contributed by atoms with E-state index < -0.39 is 0 Å². The second-order valence-corrected chi connectivity index (χ2v) is 8.24. The topological polar surface area (TPSA) is 18.5 Å². The summed E-state index contributed by atoms with van der Waals surface area (Å²) < 4.78 is 12.4. The van der Waals surface area contributed by atoms with Gasteiger partial charge in [-0.3, -0.25) is 0 Å². The first-order chi connectivity index (χ1) is 7.55. The summed E-state index contributed by atoms with van der Waals surface area (Å²) in [4.78, 5) is 0. The Morgan fingerprint density at radius 1 is 1.12 bits per heavy atom. The van der Waals surface area contributed by atoms with Gasteiger partial charge < -0.3 is 9.47 Å². The third-order valence-electron chi connectivity index (χ3n) is 4.06. The summed E-state index contributed by atoms with van der Waals surface area (Å²) in [6.45, 7) is 16.8. The molecule has 0 amide bonds. The van der Waals surface area contributed by atoms with Gasteiger partial charge in [0.25, 0.3) is 0 Å². The Bertz CT molecular complexity index is 297. The number of fused-ring (bicyclic) bond motifs is 2. The molecule has 2 aliphatic heterocycles. The Kier molecular flexibility index (Phi) is 2.91. The number of hydrogen-bond acceptors (Lipinski definition) is 2. The normalized spacial score (nSPS) is 42.2. The van der Waals surface area contributed by atoms with Crippen molar-refractivity contribution in [1.29, 1.82) is 0 Å². The second kappa shape index (κ2) is 3.71. The fraction of sp³-hybridized carbons (Fsp3) is 1.00. The molecule has 0 radical (unpaired) electrons. The molecule has 2 heteroatoms. The van der Waals surface area contributed by atoms with Crippen LogP contribution in [0.3, 0.4) is 0 Å². The van der Waals surface area contributed by atoms with E-state index in [9.17, 15) is 0 Å². The average Bonchev–Trinajstić information content (AvgIpc) is 2.49. The molecule has 4 atom stereocenters. The van der Waals surface area contributed by atoms with Crippen molar-refractivity contribution in [3.05, 3.63) is 0 Å². The van der Waals surface area contributed by atoms with E-state index in [1.807, 2.05) is 0 Å². The third kappa shape index (κ3) is 2.26. The largest absolute Gasteiger partial charge is 0.372 e. The van der Waals surface area contributed by atoms with Crippen molar-refractivity contribution in [2.24, 2.45) is 16.7 Å². The van der Waals surface area contributed by atoms with Gasteiger partial charge in [0.1, 0.15) is 0 Å². The van der Waals surface area contributed by atoms with Gasteiger partial charge in [0.2, 0.25) is 0 Å². The fourth-order valence-electron chi connectivity index (χ4n) is 4.06. The van der Waals surface area contributed by atoms with Crippen molar-refractivity contribution >= 4 is 0 Å². The molecule has 0 N–H and O–H groups in total. The van der Waals surface area contributed by atoms with Crippen LogP contribution in [0.1, 0.15) is 54.9 Å². The fourth-order valence-corrected chi connectivity index (χ4v) is 4.06. The van der Waals surface area contributed by atoms with E-state index in [0.717, 1.165) is 13.0 Å². The highest BCUT2D eigenvalue weighted by molar-refractivity contribution is 5.10. The van der Waals surface area contributed by atoms with E-state index in [0.29, 0.717) is 5.92 Å². The van der Waals surface area contributed by atoms with Crippen LogP contribution in [0.25, 0.3) is 0 Å². The number of rotatable bonds is 1. The van der Waals surface area contributed by atoms with Crippen LogP contribution >= 0.6 is 0 Å². The minimum atomic E-state index is -0.0550. The summed E-state index contributed by atoms with van der Waals surface area (Å²) in [6.07, 6.45) is 1.62. The molecule has 0 aromatic carbocycles. The van der Waals surface area contributed by atoms with Crippen molar-refractivity contribution in [1.82, 2.24) is 0 Å². The molecule has 0 aromatic rings. The maximum atomic E-state index is 6.34. The molecular weight excluding hydrogens is 212 g/mol. The first kappa shape index (κ1) is 13.4. The Hall–Kier alpha value is -0.0800.